The van der Waals surface area contributed by atoms with Gasteiger partial charge in [-0.3, -0.25) is 0 Å². The average Bonchev–Trinajstić information content (AvgIpc) is 2.89. The van der Waals surface area contributed by atoms with Crippen LogP contribution in [0.15, 0.2) is 36.8 Å². The smallest absolute Gasteiger partial charge is 0.0924 e. The van der Waals surface area contributed by atoms with Gasteiger partial charge in [-0.15, -0.1) is 0 Å². The summed E-state index contributed by atoms with van der Waals surface area (Å²) in [6.45, 7) is 4.36. The quantitative estimate of drug-likeness (QED) is 0.758. The molecule has 2 aromatic rings. The third kappa shape index (κ3) is 4.40. The molecule has 0 fully saturated rings. The summed E-state index contributed by atoms with van der Waals surface area (Å²) in [7, 11) is 0. The summed E-state index contributed by atoms with van der Waals surface area (Å²) in [4.78, 5) is 7.06. The number of aryl methyl sites for hydroxylation is 3. The van der Waals surface area contributed by atoms with Crippen molar-refractivity contribution in [2.24, 2.45) is 0 Å². The van der Waals surface area contributed by atoms with Crippen molar-refractivity contribution >= 4 is 6.08 Å². The van der Waals surface area contributed by atoms with Crippen molar-refractivity contribution in [1.29, 1.82) is 0 Å². The van der Waals surface area contributed by atoms with Crippen LogP contribution >= 0.6 is 0 Å². The monoisotopic (exact) mass is 254 g/mol. The third-order valence-electron chi connectivity index (χ3n) is 3.38. The fourth-order valence-electron chi connectivity index (χ4n) is 2.27. The molecule has 100 valence electrons. The van der Waals surface area contributed by atoms with Crippen LogP contribution in [0.5, 0.6) is 0 Å². The number of aromatic nitrogens is 2. The lowest BCUT2D eigenvalue weighted by molar-refractivity contribution is 0.746. The van der Waals surface area contributed by atoms with E-state index in [9.17, 15) is 0 Å². The molecule has 2 heteroatoms. The molecule has 0 aliphatic carbocycles. The molecule has 1 N–H and O–H groups in total. The molecule has 0 saturated heterocycles. The molecule has 2 rings (SSSR count). The first kappa shape index (κ1) is 13.6. The number of benzene rings is 1. The third-order valence-corrected chi connectivity index (χ3v) is 3.38. The van der Waals surface area contributed by atoms with E-state index in [1.165, 1.54) is 36.0 Å². The SMILES string of the molecule is Cc1ccc(CCCC/C=C/c2cnc[nH]2)c(C)c1. The summed E-state index contributed by atoms with van der Waals surface area (Å²) in [5.41, 5.74) is 5.34. The fourth-order valence-corrected chi connectivity index (χ4v) is 2.27. The molecule has 0 amide bonds. The molecule has 0 bridgehead atoms. The van der Waals surface area contributed by atoms with Crippen LogP contribution in [0.25, 0.3) is 6.08 Å². The zero-order valence-electron chi connectivity index (χ0n) is 11.8. The van der Waals surface area contributed by atoms with E-state index >= 15 is 0 Å². The number of imidazole rings is 1. The number of nitrogens with one attached hydrogen (secondary N) is 1. The Morgan fingerprint density at radius 3 is 2.84 bits per heavy atom. The number of rotatable bonds is 6. The number of H-pyrrole nitrogens is 1. The van der Waals surface area contributed by atoms with E-state index in [-0.39, 0.29) is 0 Å². The van der Waals surface area contributed by atoms with Gasteiger partial charge in [0.1, 0.15) is 0 Å². The molecule has 0 spiro atoms. The number of hydrogen-bond acceptors (Lipinski definition) is 1. The van der Waals surface area contributed by atoms with Crippen LogP contribution in [0.4, 0.5) is 0 Å². The van der Waals surface area contributed by atoms with Crippen molar-refractivity contribution in [1.82, 2.24) is 9.97 Å². The normalized spacial score (nSPS) is 11.3. The maximum atomic E-state index is 3.99. The van der Waals surface area contributed by atoms with Crippen molar-refractivity contribution in [3.05, 3.63) is 59.2 Å². The molecule has 0 aliphatic rings. The van der Waals surface area contributed by atoms with Crippen molar-refractivity contribution in [2.75, 3.05) is 0 Å². The van der Waals surface area contributed by atoms with E-state index < -0.39 is 0 Å². The van der Waals surface area contributed by atoms with Crippen molar-refractivity contribution in [3.8, 4) is 0 Å². The second-order valence-electron chi connectivity index (χ2n) is 5.09. The van der Waals surface area contributed by atoms with Crippen LogP contribution in [0.3, 0.4) is 0 Å². The van der Waals surface area contributed by atoms with Crippen LogP contribution < -0.4 is 0 Å². The molecular formula is C17H22N2. The number of hydrogen-bond donors (Lipinski definition) is 1. The lowest BCUT2D eigenvalue weighted by Gasteiger charge is -2.06. The molecule has 0 atom stereocenters. The topological polar surface area (TPSA) is 28.7 Å². The van der Waals surface area contributed by atoms with Crippen LogP contribution in [-0.2, 0) is 6.42 Å². The molecule has 0 saturated carbocycles. The Hall–Kier alpha value is -1.83. The Labute approximate surface area is 115 Å². The van der Waals surface area contributed by atoms with Gasteiger partial charge >= 0.3 is 0 Å². The van der Waals surface area contributed by atoms with Gasteiger partial charge < -0.3 is 4.98 Å². The number of unbranched alkanes of at least 4 members (excludes halogenated alkanes) is 2. The Balaban J connectivity index is 1.69. The predicted octanol–water partition coefficient (Wildman–Crippen LogP) is 4.45. The largest absolute Gasteiger partial charge is 0.345 e. The molecule has 2 nitrogen and oxygen atoms in total. The summed E-state index contributed by atoms with van der Waals surface area (Å²) in [5, 5.41) is 0. The second-order valence-corrected chi connectivity index (χ2v) is 5.09. The number of nitrogens with zero attached hydrogens (tertiary/aromatic N) is 1. The van der Waals surface area contributed by atoms with Gasteiger partial charge in [0.25, 0.3) is 0 Å². The number of allylic oxidation sites excluding steroid dienone is 1. The first-order valence-corrected chi connectivity index (χ1v) is 6.97. The minimum Gasteiger partial charge on any atom is -0.345 e. The summed E-state index contributed by atoms with van der Waals surface area (Å²) in [6.07, 6.45) is 12.7. The van der Waals surface area contributed by atoms with Crippen LogP contribution in [-0.4, -0.2) is 9.97 Å². The van der Waals surface area contributed by atoms with E-state index in [4.69, 9.17) is 0 Å². The first-order valence-electron chi connectivity index (χ1n) is 6.97. The van der Waals surface area contributed by atoms with Gasteiger partial charge in [-0.25, -0.2) is 4.98 Å². The molecule has 1 heterocycles. The maximum absolute atomic E-state index is 3.99. The lowest BCUT2D eigenvalue weighted by Crippen LogP contribution is -1.90. The zero-order chi connectivity index (χ0) is 13.5. The van der Waals surface area contributed by atoms with E-state index in [0.717, 1.165) is 12.1 Å². The van der Waals surface area contributed by atoms with Gasteiger partial charge in [0.15, 0.2) is 0 Å². The van der Waals surface area contributed by atoms with E-state index in [1.54, 1.807) is 6.33 Å². The van der Waals surface area contributed by atoms with Gasteiger partial charge in [-0.2, -0.15) is 0 Å². The predicted molar refractivity (Wildman–Crippen MR) is 81.1 cm³/mol. The minimum absolute atomic E-state index is 1.08. The average molecular weight is 254 g/mol. The standard InChI is InChI=1S/C17H22N2/c1-14-9-10-16(15(2)11-14)7-5-3-4-6-8-17-12-18-13-19-17/h6,8-13H,3-5,7H2,1-2H3,(H,18,19)/b8-6+. The highest BCUT2D eigenvalue weighted by molar-refractivity contribution is 5.42. The van der Waals surface area contributed by atoms with Crippen molar-refractivity contribution in [3.63, 3.8) is 0 Å². The minimum atomic E-state index is 1.08. The van der Waals surface area contributed by atoms with Crippen LogP contribution in [0.2, 0.25) is 0 Å². The molecule has 1 aromatic carbocycles. The molecule has 1 aromatic heterocycles. The Kier molecular flexibility index (Phi) is 4.96. The molecular weight excluding hydrogens is 232 g/mol. The molecule has 0 radical (unpaired) electrons. The summed E-state index contributed by atoms with van der Waals surface area (Å²) in [6, 6.07) is 6.75. The van der Waals surface area contributed by atoms with E-state index in [0.29, 0.717) is 0 Å². The van der Waals surface area contributed by atoms with E-state index in [2.05, 4.69) is 54.2 Å². The molecule has 19 heavy (non-hydrogen) atoms. The van der Waals surface area contributed by atoms with Gasteiger partial charge in [0, 0.05) is 0 Å². The second kappa shape index (κ2) is 6.93. The van der Waals surface area contributed by atoms with Crippen molar-refractivity contribution < 1.29 is 0 Å². The van der Waals surface area contributed by atoms with Gasteiger partial charge in [-0.1, -0.05) is 29.8 Å². The fraction of sp³-hybridized carbons (Fsp3) is 0.353. The number of aromatic amines is 1. The maximum Gasteiger partial charge on any atom is 0.0924 e. The summed E-state index contributed by atoms with van der Waals surface area (Å²) < 4.78 is 0. The lowest BCUT2D eigenvalue weighted by atomic mass is 10.0. The summed E-state index contributed by atoms with van der Waals surface area (Å²) >= 11 is 0. The molecule has 0 unspecified atom stereocenters. The highest BCUT2D eigenvalue weighted by Gasteiger charge is 1.98. The first-order chi connectivity index (χ1) is 9.25. The Morgan fingerprint density at radius 1 is 1.21 bits per heavy atom. The van der Waals surface area contributed by atoms with Crippen LogP contribution in [0.1, 0.15) is 41.6 Å². The van der Waals surface area contributed by atoms with E-state index in [1.807, 2.05) is 6.20 Å². The van der Waals surface area contributed by atoms with Crippen molar-refractivity contribution in [2.45, 2.75) is 39.5 Å². The summed E-state index contributed by atoms with van der Waals surface area (Å²) in [5.74, 6) is 0. The van der Waals surface area contributed by atoms with Gasteiger partial charge in [0.2, 0.25) is 0 Å². The Bertz CT molecular complexity index is 524. The molecule has 0 aliphatic heterocycles. The zero-order valence-corrected chi connectivity index (χ0v) is 11.8. The van der Waals surface area contributed by atoms with Gasteiger partial charge in [-0.05, 0) is 56.7 Å². The highest BCUT2D eigenvalue weighted by Crippen LogP contribution is 2.14. The Morgan fingerprint density at radius 2 is 2.11 bits per heavy atom. The van der Waals surface area contributed by atoms with Gasteiger partial charge in [0.05, 0.1) is 18.2 Å². The highest BCUT2D eigenvalue weighted by atomic mass is 14.8. The van der Waals surface area contributed by atoms with Crippen LogP contribution in [0, 0.1) is 13.8 Å².